The van der Waals surface area contributed by atoms with Crippen LogP contribution >= 0.6 is 11.3 Å². The Bertz CT molecular complexity index is 552. The first-order valence-corrected chi connectivity index (χ1v) is 6.34. The molecule has 0 unspecified atom stereocenters. The number of aliphatic carboxylic acids is 1. The van der Waals surface area contributed by atoms with Crippen molar-refractivity contribution in [2.24, 2.45) is 0 Å². The van der Waals surface area contributed by atoms with Gasteiger partial charge in [0.25, 0.3) is 0 Å². The van der Waals surface area contributed by atoms with E-state index in [-0.39, 0.29) is 6.42 Å². The molecule has 0 bridgehead atoms. The van der Waals surface area contributed by atoms with Crippen LogP contribution in [0.5, 0.6) is 0 Å². The van der Waals surface area contributed by atoms with Gasteiger partial charge in [0.05, 0.1) is 6.42 Å². The van der Waals surface area contributed by atoms with Gasteiger partial charge in [-0.15, -0.1) is 11.3 Å². The van der Waals surface area contributed by atoms with E-state index < -0.39 is 5.97 Å². The summed E-state index contributed by atoms with van der Waals surface area (Å²) in [4.78, 5) is 10.6. The average molecular weight is 232 g/mol. The van der Waals surface area contributed by atoms with E-state index >= 15 is 0 Å². The molecule has 2 aromatic rings. The van der Waals surface area contributed by atoms with Crippen molar-refractivity contribution in [1.29, 1.82) is 0 Å². The molecule has 82 valence electrons. The van der Waals surface area contributed by atoms with Gasteiger partial charge in [-0.05, 0) is 46.7 Å². The molecule has 1 aromatic carbocycles. The van der Waals surface area contributed by atoms with Crippen LogP contribution in [0.2, 0.25) is 0 Å². The molecule has 2 nitrogen and oxygen atoms in total. The Balaban J connectivity index is 2.02. The lowest BCUT2D eigenvalue weighted by atomic mass is 10.1. The Labute approximate surface area is 97.5 Å². The monoisotopic (exact) mass is 232 g/mol. The smallest absolute Gasteiger partial charge is 0.307 e. The van der Waals surface area contributed by atoms with Crippen molar-refractivity contribution < 1.29 is 9.90 Å². The Hall–Kier alpha value is -1.35. The van der Waals surface area contributed by atoms with Crippen LogP contribution in [0.1, 0.15) is 29.9 Å². The van der Waals surface area contributed by atoms with Gasteiger partial charge < -0.3 is 5.11 Å². The highest BCUT2D eigenvalue weighted by Crippen LogP contribution is 2.45. The van der Waals surface area contributed by atoms with Crippen molar-refractivity contribution in [2.75, 3.05) is 0 Å². The maximum atomic E-state index is 10.6. The van der Waals surface area contributed by atoms with Gasteiger partial charge in [0.1, 0.15) is 0 Å². The van der Waals surface area contributed by atoms with Crippen molar-refractivity contribution >= 4 is 27.4 Å². The second kappa shape index (κ2) is 3.59. The first-order valence-electron chi connectivity index (χ1n) is 5.46. The van der Waals surface area contributed by atoms with Crippen LogP contribution in [-0.2, 0) is 11.2 Å². The van der Waals surface area contributed by atoms with E-state index in [1.165, 1.54) is 28.5 Å². The third-order valence-corrected chi connectivity index (χ3v) is 4.01. The van der Waals surface area contributed by atoms with Gasteiger partial charge in [-0.25, -0.2) is 0 Å². The fourth-order valence-electron chi connectivity index (χ4n) is 2.09. The van der Waals surface area contributed by atoms with E-state index in [2.05, 4.69) is 11.4 Å². The van der Waals surface area contributed by atoms with Crippen LogP contribution in [-0.4, -0.2) is 11.1 Å². The fraction of sp³-hybridized carbons (Fsp3) is 0.308. The van der Waals surface area contributed by atoms with Crippen molar-refractivity contribution in [2.45, 2.75) is 25.2 Å². The summed E-state index contributed by atoms with van der Waals surface area (Å²) in [5, 5.41) is 12.3. The second-order valence-corrected chi connectivity index (χ2v) is 5.28. The van der Waals surface area contributed by atoms with E-state index in [0.29, 0.717) is 0 Å². The zero-order chi connectivity index (χ0) is 11.1. The van der Waals surface area contributed by atoms with Crippen LogP contribution in [0.4, 0.5) is 0 Å². The minimum atomic E-state index is -0.765. The van der Waals surface area contributed by atoms with Crippen LogP contribution in [0.25, 0.3) is 10.1 Å². The lowest BCUT2D eigenvalue weighted by Crippen LogP contribution is -1.99. The average Bonchev–Trinajstić information content (AvgIpc) is 2.98. The Morgan fingerprint density at radius 1 is 1.44 bits per heavy atom. The number of hydrogen-bond donors (Lipinski definition) is 1. The standard InChI is InChI=1S/C13H12O2S/c14-13(15)6-8-1-4-10-11(9-2-3-9)7-16-12(10)5-8/h1,4-5,7,9H,2-3,6H2,(H,14,15). The first kappa shape index (κ1) is 9.85. The summed E-state index contributed by atoms with van der Waals surface area (Å²) in [6, 6.07) is 6.03. The molecule has 16 heavy (non-hydrogen) atoms. The SMILES string of the molecule is O=C(O)Cc1ccc2c(C3CC3)csc2c1. The molecule has 1 aromatic heterocycles. The summed E-state index contributed by atoms with van der Waals surface area (Å²) < 4.78 is 1.22. The van der Waals surface area contributed by atoms with Gasteiger partial charge in [-0.2, -0.15) is 0 Å². The summed E-state index contributed by atoms with van der Waals surface area (Å²) in [7, 11) is 0. The van der Waals surface area contributed by atoms with Crippen molar-refractivity contribution in [3.8, 4) is 0 Å². The van der Waals surface area contributed by atoms with Gasteiger partial charge in [0.15, 0.2) is 0 Å². The zero-order valence-corrected chi connectivity index (χ0v) is 9.59. The predicted molar refractivity (Wildman–Crippen MR) is 65.1 cm³/mol. The molecule has 1 aliphatic rings. The predicted octanol–water partition coefficient (Wildman–Crippen LogP) is 3.41. The van der Waals surface area contributed by atoms with Crippen LogP contribution in [0.15, 0.2) is 23.6 Å². The number of carboxylic acid groups (broad SMARTS) is 1. The minimum Gasteiger partial charge on any atom is -0.481 e. The molecule has 1 saturated carbocycles. The highest BCUT2D eigenvalue weighted by molar-refractivity contribution is 7.17. The molecule has 0 saturated heterocycles. The number of thiophene rings is 1. The molecule has 1 fully saturated rings. The third kappa shape index (κ3) is 1.71. The van der Waals surface area contributed by atoms with Crippen LogP contribution < -0.4 is 0 Å². The topological polar surface area (TPSA) is 37.3 Å². The molecular formula is C13H12O2S. The number of carboxylic acids is 1. The molecule has 1 N–H and O–H groups in total. The van der Waals surface area contributed by atoms with E-state index in [1.807, 2.05) is 12.1 Å². The molecule has 0 radical (unpaired) electrons. The number of rotatable bonds is 3. The second-order valence-electron chi connectivity index (χ2n) is 4.37. The van der Waals surface area contributed by atoms with Crippen LogP contribution in [0, 0.1) is 0 Å². The first-order chi connectivity index (χ1) is 7.74. The van der Waals surface area contributed by atoms with E-state index in [9.17, 15) is 4.79 Å². The fourth-order valence-corrected chi connectivity index (χ4v) is 3.19. The summed E-state index contributed by atoms with van der Waals surface area (Å²) >= 11 is 1.73. The van der Waals surface area contributed by atoms with Crippen molar-refractivity contribution in [3.05, 3.63) is 34.7 Å². The largest absolute Gasteiger partial charge is 0.481 e. The minimum absolute atomic E-state index is 0.118. The zero-order valence-electron chi connectivity index (χ0n) is 8.77. The number of hydrogen-bond acceptors (Lipinski definition) is 2. The number of fused-ring (bicyclic) bond motifs is 1. The molecule has 1 heterocycles. The number of benzene rings is 1. The van der Waals surface area contributed by atoms with Gasteiger partial charge >= 0.3 is 5.97 Å². The third-order valence-electron chi connectivity index (χ3n) is 3.04. The maximum absolute atomic E-state index is 10.6. The van der Waals surface area contributed by atoms with Gasteiger partial charge in [0.2, 0.25) is 0 Å². The lowest BCUT2D eigenvalue weighted by molar-refractivity contribution is -0.136. The maximum Gasteiger partial charge on any atom is 0.307 e. The lowest BCUT2D eigenvalue weighted by Gasteiger charge is -1.99. The van der Waals surface area contributed by atoms with Crippen LogP contribution in [0.3, 0.4) is 0 Å². The summed E-state index contributed by atoms with van der Waals surface area (Å²) in [6.45, 7) is 0. The van der Waals surface area contributed by atoms with Gasteiger partial charge in [-0.3, -0.25) is 4.79 Å². The van der Waals surface area contributed by atoms with E-state index in [1.54, 1.807) is 11.3 Å². The molecule has 3 rings (SSSR count). The van der Waals surface area contributed by atoms with Crippen molar-refractivity contribution in [1.82, 2.24) is 0 Å². The Morgan fingerprint density at radius 3 is 2.94 bits per heavy atom. The molecule has 0 amide bonds. The quantitative estimate of drug-likeness (QED) is 0.880. The number of carbonyl (C=O) groups is 1. The summed E-state index contributed by atoms with van der Waals surface area (Å²) in [5.41, 5.74) is 2.35. The molecule has 0 atom stereocenters. The Morgan fingerprint density at radius 2 is 2.25 bits per heavy atom. The molecular weight excluding hydrogens is 220 g/mol. The summed E-state index contributed by atoms with van der Waals surface area (Å²) in [6.07, 6.45) is 2.73. The van der Waals surface area contributed by atoms with Crippen molar-refractivity contribution in [3.63, 3.8) is 0 Å². The van der Waals surface area contributed by atoms with E-state index in [4.69, 9.17) is 5.11 Å². The van der Waals surface area contributed by atoms with E-state index in [0.717, 1.165) is 11.5 Å². The molecule has 0 spiro atoms. The highest BCUT2D eigenvalue weighted by atomic mass is 32.1. The summed E-state index contributed by atoms with van der Waals surface area (Å²) in [5.74, 6) is -0.00241. The normalized spacial score (nSPS) is 15.5. The molecule has 3 heteroatoms. The molecule has 1 aliphatic carbocycles. The highest BCUT2D eigenvalue weighted by Gasteiger charge is 2.26. The van der Waals surface area contributed by atoms with Gasteiger partial charge in [-0.1, -0.05) is 12.1 Å². The molecule has 0 aliphatic heterocycles. The van der Waals surface area contributed by atoms with Gasteiger partial charge in [0, 0.05) is 4.70 Å². The Kier molecular flexibility index (Phi) is 2.21.